The number of carboxylic acid groups (broad SMARTS) is 1. The van der Waals surface area contributed by atoms with Gasteiger partial charge in [0.15, 0.2) is 0 Å². The van der Waals surface area contributed by atoms with Crippen LogP contribution in [0.3, 0.4) is 0 Å². The van der Waals surface area contributed by atoms with Crippen molar-refractivity contribution in [3.8, 4) is 12.3 Å². The number of nitrogens with one attached hydrogen (secondary N) is 1. The molecule has 1 unspecified atom stereocenters. The molecule has 110 valence electrons. The molecule has 2 N–H and O–H groups in total. The van der Waals surface area contributed by atoms with Gasteiger partial charge in [0.05, 0.1) is 0 Å². The highest BCUT2D eigenvalue weighted by Gasteiger charge is 2.36. The molecule has 0 fully saturated rings. The van der Waals surface area contributed by atoms with E-state index in [1.165, 1.54) is 4.90 Å². The lowest BCUT2D eigenvalue weighted by Crippen LogP contribution is -2.40. The van der Waals surface area contributed by atoms with Gasteiger partial charge in [-0.2, -0.15) is 0 Å². The van der Waals surface area contributed by atoms with Gasteiger partial charge in [-0.15, -0.1) is 12.3 Å². The summed E-state index contributed by atoms with van der Waals surface area (Å²) in [7, 11) is 0. The molecule has 0 bridgehead atoms. The highest BCUT2D eigenvalue weighted by molar-refractivity contribution is 5.97. The molecule has 0 spiro atoms. The number of carbonyl (C=O) groups excluding carboxylic acids is 1. The lowest BCUT2D eigenvalue weighted by Gasteiger charge is -2.18. The third kappa shape index (κ3) is 3.34. The summed E-state index contributed by atoms with van der Waals surface area (Å²) in [5.41, 5.74) is 1.36. The Kier molecular flexibility index (Phi) is 4.83. The van der Waals surface area contributed by atoms with Crippen LogP contribution in [-0.4, -0.2) is 30.2 Å². The quantitative estimate of drug-likeness (QED) is 0.644. The van der Waals surface area contributed by atoms with Crippen molar-refractivity contribution in [1.29, 1.82) is 0 Å². The van der Waals surface area contributed by atoms with Crippen molar-refractivity contribution in [3.05, 3.63) is 29.8 Å². The Morgan fingerprint density at radius 3 is 2.86 bits per heavy atom. The molecule has 0 aromatic heterocycles. The molecule has 1 aliphatic heterocycles. The molecular formula is C16H18N2O3. The first-order chi connectivity index (χ1) is 10.1. The van der Waals surface area contributed by atoms with Crippen molar-refractivity contribution in [2.75, 3.05) is 18.0 Å². The molecule has 0 saturated carbocycles. The van der Waals surface area contributed by atoms with E-state index in [9.17, 15) is 14.7 Å². The number of rotatable bonds is 5. The second kappa shape index (κ2) is 6.80. The molecule has 1 aliphatic rings. The number of urea groups is 1. The van der Waals surface area contributed by atoms with E-state index in [4.69, 9.17) is 6.42 Å². The lowest BCUT2D eigenvalue weighted by molar-refractivity contribution is -0.138. The summed E-state index contributed by atoms with van der Waals surface area (Å²) in [5.74, 6) is 0.985. The molecule has 1 atom stereocenters. The third-order valence-electron chi connectivity index (χ3n) is 3.54. The molecule has 0 aliphatic carbocycles. The first-order valence-corrected chi connectivity index (χ1v) is 6.95. The second-order valence-corrected chi connectivity index (χ2v) is 4.95. The van der Waals surface area contributed by atoms with E-state index >= 15 is 0 Å². The third-order valence-corrected chi connectivity index (χ3v) is 3.54. The van der Waals surface area contributed by atoms with Crippen molar-refractivity contribution < 1.29 is 14.7 Å². The molecular weight excluding hydrogens is 268 g/mol. The summed E-state index contributed by atoms with van der Waals surface area (Å²) >= 11 is 0. The van der Waals surface area contributed by atoms with Gasteiger partial charge in [-0.25, -0.2) is 4.79 Å². The molecule has 0 saturated heterocycles. The van der Waals surface area contributed by atoms with Gasteiger partial charge in [0, 0.05) is 25.2 Å². The van der Waals surface area contributed by atoms with Gasteiger partial charge in [-0.1, -0.05) is 18.2 Å². The zero-order valence-corrected chi connectivity index (χ0v) is 11.7. The van der Waals surface area contributed by atoms with Crippen molar-refractivity contribution in [1.82, 2.24) is 5.32 Å². The Morgan fingerprint density at radius 2 is 2.14 bits per heavy atom. The SMILES string of the molecule is C#CCCCCNC(=O)N1CC(C(=O)O)c2ccccc21. The number of aliphatic carboxylic acids is 1. The van der Waals surface area contributed by atoms with Gasteiger partial charge in [-0.3, -0.25) is 9.69 Å². The highest BCUT2D eigenvalue weighted by atomic mass is 16.4. The standard InChI is InChI=1S/C16H18N2O3/c1-2-3-4-7-10-17-16(21)18-11-13(15(19)20)12-8-5-6-9-14(12)18/h1,5-6,8-9,13H,3-4,7,10-11H2,(H,17,21)(H,19,20). The second-order valence-electron chi connectivity index (χ2n) is 4.95. The first-order valence-electron chi connectivity index (χ1n) is 6.95. The summed E-state index contributed by atoms with van der Waals surface area (Å²) in [6.07, 6.45) is 7.54. The van der Waals surface area contributed by atoms with Crippen LogP contribution in [0.2, 0.25) is 0 Å². The maximum absolute atomic E-state index is 12.2. The summed E-state index contributed by atoms with van der Waals surface area (Å²) in [5, 5.41) is 12.1. The number of hydrogen-bond donors (Lipinski definition) is 2. The smallest absolute Gasteiger partial charge is 0.321 e. The Bertz CT molecular complexity index is 577. The van der Waals surface area contributed by atoms with Gasteiger partial charge in [-0.05, 0) is 24.5 Å². The summed E-state index contributed by atoms with van der Waals surface area (Å²) in [6.45, 7) is 0.710. The molecule has 0 radical (unpaired) electrons. The minimum absolute atomic E-state index is 0.171. The minimum atomic E-state index is -0.910. The average molecular weight is 286 g/mol. The lowest BCUT2D eigenvalue weighted by atomic mass is 10.0. The number of fused-ring (bicyclic) bond motifs is 1. The summed E-state index contributed by atoms with van der Waals surface area (Å²) < 4.78 is 0. The number of terminal acetylenes is 1. The van der Waals surface area contributed by atoms with E-state index in [1.54, 1.807) is 24.3 Å². The van der Waals surface area contributed by atoms with Crippen LogP contribution in [0.1, 0.15) is 30.7 Å². The van der Waals surface area contributed by atoms with Crippen LogP contribution in [0.5, 0.6) is 0 Å². The zero-order chi connectivity index (χ0) is 15.2. The number of carbonyl (C=O) groups is 2. The van der Waals surface area contributed by atoms with E-state index in [-0.39, 0.29) is 12.6 Å². The fourth-order valence-electron chi connectivity index (χ4n) is 2.45. The van der Waals surface area contributed by atoms with Gasteiger partial charge in [0.2, 0.25) is 0 Å². The maximum atomic E-state index is 12.2. The first kappa shape index (κ1) is 14.9. The van der Waals surface area contributed by atoms with E-state index in [2.05, 4.69) is 11.2 Å². The molecule has 1 aromatic rings. The number of para-hydroxylation sites is 1. The fraction of sp³-hybridized carbons (Fsp3) is 0.375. The molecule has 5 heteroatoms. The van der Waals surface area contributed by atoms with Crippen LogP contribution in [0.15, 0.2) is 24.3 Å². The normalized spacial score (nSPS) is 16.1. The number of carboxylic acids is 1. The minimum Gasteiger partial charge on any atom is -0.481 e. The number of hydrogen-bond acceptors (Lipinski definition) is 2. The molecule has 21 heavy (non-hydrogen) atoms. The van der Waals surface area contributed by atoms with Crippen LogP contribution in [0.25, 0.3) is 0 Å². The van der Waals surface area contributed by atoms with E-state index in [0.29, 0.717) is 24.2 Å². The van der Waals surface area contributed by atoms with Crippen molar-refractivity contribution in [3.63, 3.8) is 0 Å². The van der Waals surface area contributed by atoms with Gasteiger partial charge < -0.3 is 10.4 Å². The Labute approximate surface area is 124 Å². The average Bonchev–Trinajstić information content (AvgIpc) is 2.87. The number of unbranched alkanes of at least 4 members (excludes halogenated alkanes) is 2. The van der Waals surface area contributed by atoms with E-state index < -0.39 is 11.9 Å². The largest absolute Gasteiger partial charge is 0.481 e. The Hall–Kier alpha value is -2.48. The molecule has 1 heterocycles. The number of anilines is 1. The summed E-state index contributed by atoms with van der Waals surface area (Å²) in [6, 6.07) is 6.86. The van der Waals surface area contributed by atoms with Crippen molar-refractivity contribution in [2.24, 2.45) is 0 Å². The van der Waals surface area contributed by atoms with Crippen LogP contribution in [-0.2, 0) is 4.79 Å². The Morgan fingerprint density at radius 1 is 1.38 bits per heavy atom. The number of nitrogens with zero attached hydrogens (tertiary/aromatic N) is 1. The molecule has 1 aromatic carbocycles. The van der Waals surface area contributed by atoms with Crippen LogP contribution in [0, 0.1) is 12.3 Å². The fourth-order valence-corrected chi connectivity index (χ4v) is 2.45. The Balaban J connectivity index is 1.99. The monoisotopic (exact) mass is 286 g/mol. The topological polar surface area (TPSA) is 69.6 Å². The highest BCUT2D eigenvalue weighted by Crippen LogP contribution is 2.36. The zero-order valence-electron chi connectivity index (χ0n) is 11.7. The maximum Gasteiger partial charge on any atom is 0.321 e. The molecule has 2 amide bonds. The van der Waals surface area contributed by atoms with Crippen LogP contribution < -0.4 is 10.2 Å². The molecule has 5 nitrogen and oxygen atoms in total. The van der Waals surface area contributed by atoms with Gasteiger partial charge in [0.1, 0.15) is 5.92 Å². The predicted octanol–water partition coefficient (Wildman–Crippen LogP) is 2.19. The van der Waals surface area contributed by atoms with E-state index in [0.717, 1.165) is 12.8 Å². The van der Waals surface area contributed by atoms with E-state index in [1.807, 2.05) is 0 Å². The number of benzene rings is 1. The van der Waals surface area contributed by atoms with Gasteiger partial charge in [0.25, 0.3) is 0 Å². The van der Waals surface area contributed by atoms with Crippen molar-refractivity contribution >= 4 is 17.7 Å². The van der Waals surface area contributed by atoms with Crippen LogP contribution in [0.4, 0.5) is 10.5 Å². The molecule has 2 rings (SSSR count). The van der Waals surface area contributed by atoms with Crippen LogP contribution >= 0.6 is 0 Å². The predicted molar refractivity (Wildman–Crippen MR) is 80.2 cm³/mol. The summed E-state index contributed by atoms with van der Waals surface area (Å²) in [4.78, 5) is 25.0. The number of amides is 2. The van der Waals surface area contributed by atoms with Crippen molar-refractivity contribution in [2.45, 2.75) is 25.2 Å². The van der Waals surface area contributed by atoms with Gasteiger partial charge >= 0.3 is 12.0 Å².